The molecule has 2 aromatic carbocycles. The molecule has 0 bridgehead atoms. The first-order valence-corrected chi connectivity index (χ1v) is 11.2. The first-order valence-electron chi connectivity index (χ1n) is 11.2. The zero-order valence-corrected chi connectivity index (χ0v) is 19.1. The van der Waals surface area contributed by atoms with Crippen molar-refractivity contribution in [3.05, 3.63) is 83.8 Å². The van der Waals surface area contributed by atoms with Gasteiger partial charge in [-0.2, -0.15) is 5.10 Å². The van der Waals surface area contributed by atoms with Crippen LogP contribution in [-0.4, -0.2) is 39.7 Å². The number of carbonyl (C=O) groups excluding carboxylic acids is 2. The smallest absolute Gasteiger partial charge is 0.252 e. The molecule has 2 N–H and O–H groups in total. The summed E-state index contributed by atoms with van der Waals surface area (Å²) in [4.78, 5) is 30.0. The van der Waals surface area contributed by atoms with Crippen LogP contribution >= 0.6 is 0 Å². The van der Waals surface area contributed by atoms with Crippen molar-refractivity contribution in [3.63, 3.8) is 0 Å². The maximum atomic E-state index is 13.3. The standard InChI is InChI=1S/C26H26FN5O2/c1-17(2)32-25-22(16-30-32)21(15-23(31-25)19-8-4-3-5-9-19)26(34)29-12-11-28-24(33)14-18-7-6-10-20(27)13-18/h3-10,13,15-17H,11-12,14H2,1-2H3,(H,28,33)(H,29,34). The van der Waals surface area contributed by atoms with E-state index in [9.17, 15) is 14.0 Å². The lowest BCUT2D eigenvalue weighted by molar-refractivity contribution is -0.120. The summed E-state index contributed by atoms with van der Waals surface area (Å²) in [7, 11) is 0. The highest BCUT2D eigenvalue weighted by Gasteiger charge is 2.18. The zero-order valence-electron chi connectivity index (χ0n) is 19.1. The number of benzene rings is 2. The second-order valence-corrected chi connectivity index (χ2v) is 8.25. The third-order valence-corrected chi connectivity index (χ3v) is 5.36. The van der Waals surface area contributed by atoms with Crippen LogP contribution in [0.5, 0.6) is 0 Å². The molecule has 174 valence electrons. The van der Waals surface area contributed by atoms with Crippen molar-refractivity contribution >= 4 is 22.8 Å². The van der Waals surface area contributed by atoms with Gasteiger partial charge in [-0.25, -0.2) is 14.1 Å². The van der Waals surface area contributed by atoms with Crippen molar-refractivity contribution in [3.8, 4) is 11.3 Å². The summed E-state index contributed by atoms with van der Waals surface area (Å²) in [6, 6.07) is 17.4. The van der Waals surface area contributed by atoms with E-state index < -0.39 is 0 Å². The van der Waals surface area contributed by atoms with Crippen LogP contribution in [-0.2, 0) is 11.2 Å². The predicted octanol–water partition coefficient (Wildman–Crippen LogP) is 3.91. The average molecular weight is 460 g/mol. The number of hydrogen-bond acceptors (Lipinski definition) is 4. The fraction of sp³-hybridized carbons (Fsp3) is 0.231. The first-order chi connectivity index (χ1) is 16.4. The van der Waals surface area contributed by atoms with Gasteiger partial charge in [0.15, 0.2) is 5.65 Å². The summed E-state index contributed by atoms with van der Waals surface area (Å²) in [5, 5.41) is 10.7. The quantitative estimate of drug-likeness (QED) is 0.391. The van der Waals surface area contributed by atoms with E-state index in [1.54, 1.807) is 29.1 Å². The fourth-order valence-corrected chi connectivity index (χ4v) is 3.71. The number of pyridine rings is 1. The van der Waals surface area contributed by atoms with Crippen molar-refractivity contribution < 1.29 is 14.0 Å². The molecule has 8 heteroatoms. The highest BCUT2D eigenvalue weighted by molar-refractivity contribution is 6.06. The van der Waals surface area contributed by atoms with Crippen molar-refractivity contribution in [2.24, 2.45) is 0 Å². The molecule has 0 unspecified atom stereocenters. The predicted molar refractivity (Wildman–Crippen MR) is 129 cm³/mol. The number of carbonyl (C=O) groups is 2. The number of halogens is 1. The lowest BCUT2D eigenvalue weighted by atomic mass is 10.1. The van der Waals surface area contributed by atoms with E-state index in [1.807, 2.05) is 44.2 Å². The third kappa shape index (κ3) is 5.28. The van der Waals surface area contributed by atoms with E-state index in [2.05, 4.69) is 15.7 Å². The molecular weight excluding hydrogens is 433 g/mol. The van der Waals surface area contributed by atoms with E-state index in [0.29, 0.717) is 27.9 Å². The van der Waals surface area contributed by atoms with Crippen molar-refractivity contribution in [2.45, 2.75) is 26.3 Å². The fourth-order valence-electron chi connectivity index (χ4n) is 3.71. The number of nitrogens with zero attached hydrogens (tertiary/aromatic N) is 3. The Kier molecular flexibility index (Phi) is 6.96. The summed E-state index contributed by atoms with van der Waals surface area (Å²) in [6.07, 6.45) is 1.73. The summed E-state index contributed by atoms with van der Waals surface area (Å²) in [5.74, 6) is -0.889. The Balaban J connectivity index is 1.46. The van der Waals surface area contributed by atoms with Gasteiger partial charge < -0.3 is 10.6 Å². The minimum Gasteiger partial charge on any atom is -0.354 e. The molecule has 2 heterocycles. The van der Waals surface area contributed by atoms with Crippen LogP contribution in [0.25, 0.3) is 22.3 Å². The van der Waals surface area contributed by atoms with E-state index in [1.165, 1.54) is 12.1 Å². The van der Waals surface area contributed by atoms with Crippen LogP contribution in [0.4, 0.5) is 4.39 Å². The lowest BCUT2D eigenvalue weighted by Gasteiger charge is -2.11. The Morgan fingerprint density at radius 1 is 1.00 bits per heavy atom. The van der Waals surface area contributed by atoms with Gasteiger partial charge >= 0.3 is 0 Å². The average Bonchev–Trinajstić information content (AvgIpc) is 3.26. The van der Waals surface area contributed by atoms with Gasteiger partial charge in [-0.1, -0.05) is 42.5 Å². The minimum atomic E-state index is -0.378. The Bertz CT molecular complexity index is 1320. The molecule has 34 heavy (non-hydrogen) atoms. The Labute approximate surface area is 197 Å². The molecular formula is C26H26FN5O2. The van der Waals surface area contributed by atoms with E-state index in [-0.39, 0.29) is 43.2 Å². The normalized spacial score (nSPS) is 11.1. The van der Waals surface area contributed by atoms with Gasteiger partial charge in [-0.3, -0.25) is 9.59 Å². The first kappa shape index (κ1) is 23.1. The molecule has 0 spiro atoms. The van der Waals surface area contributed by atoms with Gasteiger partial charge in [0.25, 0.3) is 5.91 Å². The van der Waals surface area contributed by atoms with E-state index in [0.717, 1.165) is 5.56 Å². The number of fused-ring (bicyclic) bond motifs is 1. The van der Waals surface area contributed by atoms with Crippen molar-refractivity contribution in [1.29, 1.82) is 0 Å². The summed E-state index contributed by atoms with van der Waals surface area (Å²) in [6.45, 7) is 4.52. The van der Waals surface area contributed by atoms with E-state index >= 15 is 0 Å². The second kappa shape index (κ2) is 10.2. The molecule has 0 saturated carbocycles. The molecule has 0 aliphatic heterocycles. The van der Waals surface area contributed by atoms with Crippen LogP contribution in [0.3, 0.4) is 0 Å². The summed E-state index contributed by atoms with van der Waals surface area (Å²) >= 11 is 0. The summed E-state index contributed by atoms with van der Waals surface area (Å²) in [5.41, 5.74) is 3.30. The highest BCUT2D eigenvalue weighted by atomic mass is 19.1. The van der Waals surface area contributed by atoms with Crippen LogP contribution in [0, 0.1) is 5.82 Å². The number of aromatic nitrogens is 3. The lowest BCUT2D eigenvalue weighted by Crippen LogP contribution is -2.35. The van der Waals surface area contributed by atoms with Crippen LogP contribution < -0.4 is 10.6 Å². The molecule has 4 aromatic rings. The van der Waals surface area contributed by atoms with Gasteiger partial charge in [0.05, 0.1) is 29.3 Å². The Morgan fingerprint density at radius 3 is 2.50 bits per heavy atom. The minimum absolute atomic E-state index is 0.0749. The third-order valence-electron chi connectivity index (χ3n) is 5.36. The van der Waals surface area contributed by atoms with Gasteiger partial charge in [-0.05, 0) is 37.6 Å². The SMILES string of the molecule is CC(C)n1ncc2c(C(=O)NCCNC(=O)Cc3cccc(F)c3)cc(-c3ccccc3)nc21. The Hall–Kier alpha value is -4.07. The van der Waals surface area contributed by atoms with Gasteiger partial charge in [0.2, 0.25) is 5.91 Å². The number of amides is 2. The van der Waals surface area contributed by atoms with Gasteiger partial charge in [0.1, 0.15) is 5.82 Å². The molecule has 0 fully saturated rings. The van der Waals surface area contributed by atoms with E-state index in [4.69, 9.17) is 4.98 Å². The molecule has 4 rings (SSSR count). The Morgan fingerprint density at radius 2 is 1.76 bits per heavy atom. The number of hydrogen-bond donors (Lipinski definition) is 2. The maximum absolute atomic E-state index is 13.3. The van der Waals surface area contributed by atoms with Crippen LogP contribution in [0.1, 0.15) is 35.8 Å². The largest absolute Gasteiger partial charge is 0.354 e. The van der Waals surface area contributed by atoms with Crippen molar-refractivity contribution in [1.82, 2.24) is 25.4 Å². The molecule has 0 saturated heterocycles. The number of rotatable bonds is 8. The highest BCUT2D eigenvalue weighted by Crippen LogP contribution is 2.26. The molecule has 0 atom stereocenters. The van der Waals surface area contributed by atoms with Gasteiger partial charge in [0, 0.05) is 24.7 Å². The summed E-state index contributed by atoms with van der Waals surface area (Å²) < 4.78 is 15.1. The van der Waals surface area contributed by atoms with Crippen molar-refractivity contribution in [2.75, 3.05) is 13.1 Å². The molecule has 0 aliphatic rings. The van der Waals surface area contributed by atoms with Gasteiger partial charge in [-0.15, -0.1) is 0 Å². The maximum Gasteiger partial charge on any atom is 0.252 e. The van der Waals surface area contributed by atoms with Crippen LogP contribution in [0.15, 0.2) is 66.9 Å². The monoisotopic (exact) mass is 459 g/mol. The second-order valence-electron chi connectivity index (χ2n) is 8.25. The molecule has 0 radical (unpaired) electrons. The molecule has 2 amide bonds. The molecule has 2 aromatic heterocycles. The topological polar surface area (TPSA) is 88.9 Å². The molecule has 7 nitrogen and oxygen atoms in total. The number of nitrogens with one attached hydrogen (secondary N) is 2. The molecule has 0 aliphatic carbocycles. The van der Waals surface area contributed by atoms with Crippen LogP contribution in [0.2, 0.25) is 0 Å². The zero-order chi connectivity index (χ0) is 24.1.